The summed E-state index contributed by atoms with van der Waals surface area (Å²) in [6, 6.07) is 11.7. The monoisotopic (exact) mass is 320 g/mol. The molecule has 0 bridgehead atoms. The first kappa shape index (κ1) is 14.0. The van der Waals surface area contributed by atoms with Gasteiger partial charge in [-0.15, -0.1) is 0 Å². The van der Waals surface area contributed by atoms with Gasteiger partial charge in [-0.1, -0.05) is 23.2 Å². The summed E-state index contributed by atoms with van der Waals surface area (Å²) >= 11 is 11.9. The van der Waals surface area contributed by atoms with Crippen molar-refractivity contribution in [1.82, 2.24) is 0 Å². The lowest BCUT2D eigenvalue weighted by molar-refractivity contribution is 0.101. The molecule has 0 aliphatic rings. The van der Waals surface area contributed by atoms with E-state index in [-0.39, 0.29) is 11.5 Å². The third-order valence-electron chi connectivity index (χ3n) is 3.11. The lowest BCUT2D eigenvalue weighted by atomic mass is 10.1. The molecule has 0 radical (unpaired) electrons. The van der Waals surface area contributed by atoms with Gasteiger partial charge in [0.1, 0.15) is 11.3 Å². The number of carbonyl (C=O) groups is 1. The van der Waals surface area contributed by atoms with E-state index in [1.165, 1.54) is 7.11 Å². The number of halogens is 2. The molecule has 3 nitrogen and oxygen atoms in total. The van der Waals surface area contributed by atoms with Gasteiger partial charge in [0.15, 0.2) is 5.76 Å². The molecule has 0 fully saturated rings. The van der Waals surface area contributed by atoms with Crippen LogP contribution in [0.4, 0.5) is 0 Å². The van der Waals surface area contributed by atoms with Gasteiger partial charge in [0, 0.05) is 15.4 Å². The first-order valence-corrected chi connectivity index (χ1v) is 6.91. The quantitative estimate of drug-likeness (QED) is 0.639. The Hall–Kier alpha value is -1.97. The highest BCUT2D eigenvalue weighted by molar-refractivity contribution is 6.31. The van der Waals surface area contributed by atoms with E-state index in [2.05, 4.69) is 0 Å². The summed E-state index contributed by atoms with van der Waals surface area (Å²) in [5.74, 6) is 0.373. The fourth-order valence-electron chi connectivity index (χ4n) is 2.12. The molecule has 0 unspecified atom stereocenters. The van der Waals surface area contributed by atoms with Gasteiger partial charge in [0.2, 0.25) is 5.78 Å². The number of benzene rings is 2. The summed E-state index contributed by atoms with van der Waals surface area (Å²) in [5.41, 5.74) is 0.957. The highest BCUT2D eigenvalue weighted by Crippen LogP contribution is 2.28. The molecule has 0 saturated carbocycles. The van der Waals surface area contributed by atoms with Crippen LogP contribution in [-0.4, -0.2) is 12.9 Å². The van der Waals surface area contributed by atoms with E-state index in [0.717, 1.165) is 5.39 Å². The largest absolute Gasteiger partial charge is 0.496 e. The second-order valence-corrected chi connectivity index (χ2v) is 5.34. The Morgan fingerprint density at radius 3 is 2.52 bits per heavy atom. The number of carbonyl (C=O) groups excluding carboxylic acids is 1. The van der Waals surface area contributed by atoms with E-state index in [1.54, 1.807) is 42.5 Å². The van der Waals surface area contributed by atoms with Crippen LogP contribution in [0, 0.1) is 0 Å². The Labute approximate surface area is 131 Å². The number of furan rings is 1. The van der Waals surface area contributed by atoms with E-state index in [1.807, 2.05) is 0 Å². The third-order valence-corrected chi connectivity index (χ3v) is 3.58. The molecule has 0 amide bonds. The normalized spacial score (nSPS) is 10.8. The minimum atomic E-state index is -0.290. The zero-order valence-electron chi connectivity index (χ0n) is 11.0. The maximum absolute atomic E-state index is 12.6. The number of methoxy groups -OCH3 is 1. The van der Waals surface area contributed by atoms with E-state index in [4.69, 9.17) is 32.4 Å². The molecular formula is C16H10Cl2O3. The summed E-state index contributed by atoms with van der Waals surface area (Å²) in [4.78, 5) is 12.6. The molecule has 0 atom stereocenters. The van der Waals surface area contributed by atoms with Gasteiger partial charge >= 0.3 is 0 Å². The van der Waals surface area contributed by atoms with Crippen LogP contribution in [0.1, 0.15) is 16.1 Å². The minimum absolute atomic E-state index is 0.216. The topological polar surface area (TPSA) is 39.4 Å². The average Bonchev–Trinajstić information content (AvgIpc) is 2.89. The highest BCUT2D eigenvalue weighted by Gasteiger charge is 2.19. The summed E-state index contributed by atoms with van der Waals surface area (Å²) in [5, 5.41) is 1.81. The predicted octanol–water partition coefficient (Wildman–Crippen LogP) is 4.98. The molecule has 106 valence electrons. The first-order chi connectivity index (χ1) is 10.1. The van der Waals surface area contributed by atoms with Crippen LogP contribution in [0.25, 0.3) is 11.0 Å². The lowest BCUT2D eigenvalue weighted by Gasteiger charge is -2.06. The summed E-state index contributed by atoms with van der Waals surface area (Å²) < 4.78 is 10.8. The molecule has 0 aliphatic carbocycles. The molecule has 5 heteroatoms. The van der Waals surface area contributed by atoms with Crippen molar-refractivity contribution in [3.05, 3.63) is 63.8 Å². The van der Waals surface area contributed by atoms with E-state index in [9.17, 15) is 4.79 Å². The average molecular weight is 321 g/mol. The summed E-state index contributed by atoms with van der Waals surface area (Å²) in [6.45, 7) is 0. The molecule has 0 spiro atoms. The Morgan fingerprint density at radius 1 is 1.05 bits per heavy atom. The predicted molar refractivity (Wildman–Crippen MR) is 82.7 cm³/mol. The van der Waals surface area contributed by atoms with Gasteiger partial charge in [-0.05, 0) is 42.5 Å². The lowest BCUT2D eigenvalue weighted by Crippen LogP contribution is -2.02. The second-order valence-electron chi connectivity index (χ2n) is 4.47. The molecule has 0 aliphatic heterocycles. The van der Waals surface area contributed by atoms with Crippen molar-refractivity contribution < 1.29 is 13.9 Å². The Morgan fingerprint density at radius 2 is 1.76 bits per heavy atom. The molecule has 3 rings (SSSR count). The fraction of sp³-hybridized carbons (Fsp3) is 0.0625. The molecular weight excluding hydrogens is 311 g/mol. The van der Waals surface area contributed by atoms with Crippen molar-refractivity contribution in [2.24, 2.45) is 0 Å². The van der Waals surface area contributed by atoms with Crippen molar-refractivity contribution in [3.8, 4) is 5.75 Å². The molecule has 0 N–H and O–H groups in total. The molecule has 21 heavy (non-hydrogen) atoms. The van der Waals surface area contributed by atoms with Crippen LogP contribution in [0.2, 0.25) is 10.0 Å². The van der Waals surface area contributed by atoms with Crippen molar-refractivity contribution >= 4 is 40.0 Å². The minimum Gasteiger partial charge on any atom is -0.496 e. The SMILES string of the molecule is COc1ccc(Cl)cc1C(=O)c1cc2cc(Cl)ccc2o1. The van der Waals surface area contributed by atoms with Crippen LogP contribution in [0.3, 0.4) is 0 Å². The van der Waals surface area contributed by atoms with Gasteiger partial charge < -0.3 is 9.15 Å². The number of fused-ring (bicyclic) bond motifs is 1. The zero-order valence-corrected chi connectivity index (χ0v) is 12.5. The van der Waals surface area contributed by atoms with Crippen molar-refractivity contribution in [2.45, 2.75) is 0 Å². The number of rotatable bonds is 3. The Bertz CT molecular complexity index is 837. The molecule has 1 aromatic heterocycles. The van der Waals surface area contributed by atoms with Gasteiger partial charge in [0.25, 0.3) is 0 Å². The number of hydrogen-bond acceptors (Lipinski definition) is 3. The summed E-state index contributed by atoms with van der Waals surface area (Å²) in [6.07, 6.45) is 0. The van der Waals surface area contributed by atoms with Gasteiger partial charge in [-0.2, -0.15) is 0 Å². The van der Waals surface area contributed by atoms with Crippen molar-refractivity contribution in [3.63, 3.8) is 0 Å². The second kappa shape index (κ2) is 5.43. The third kappa shape index (κ3) is 2.62. The standard InChI is InChI=1S/C16H10Cl2O3/c1-20-14-5-3-11(18)8-12(14)16(19)15-7-9-6-10(17)2-4-13(9)21-15/h2-8H,1H3. The fourth-order valence-corrected chi connectivity index (χ4v) is 2.47. The van der Waals surface area contributed by atoms with Crippen molar-refractivity contribution in [1.29, 1.82) is 0 Å². The Kier molecular flexibility index (Phi) is 3.62. The zero-order chi connectivity index (χ0) is 15.0. The maximum Gasteiger partial charge on any atom is 0.231 e. The molecule has 2 aromatic carbocycles. The van der Waals surface area contributed by atoms with E-state index in [0.29, 0.717) is 26.9 Å². The van der Waals surface area contributed by atoms with Crippen LogP contribution in [-0.2, 0) is 0 Å². The molecule has 0 saturated heterocycles. The van der Waals surface area contributed by atoms with Gasteiger partial charge in [-0.3, -0.25) is 4.79 Å². The molecule has 3 aromatic rings. The Balaban J connectivity index is 2.10. The first-order valence-electron chi connectivity index (χ1n) is 6.16. The van der Waals surface area contributed by atoms with Crippen LogP contribution in [0.5, 0.6) is 5.75 Å². The van der Waals surface area contributed by atoms with Gasteiger partial charge in [-0.25, -0.2) is 0 Å². The molecule has 1 heterocycles. The van der Waals surface area contributed by atoms with Crippen LogP contribution < -0.4 is 4.74 Å². The maximum atomic E-state index is 12.6. The van der Waals surface area contributed by atoms with Gasteiger partial charge in [0.05, 0.1) is 12.7 Å². The van der Waals surface area contributed by atoms with Crippen molar-refractivity contribution in [2.75, 3.05) is 7.11 Å². The number of ketones is 1. The number of hydrogen-bond donors (Lipinski definition) is 0. The van der Waals surface area contributed by atoms with Crippen LogP contribution in [0.15, 0.2) is 46.9 Å². The highest BCUT2D eigenvalue weighted by atomic mass is 35.5. The van der Waals surface area contributed by atoms with E-state index < -0.39 is 0 Å². The number of ether oxygens (including phenoxy) is 1. The van der Waals surface area contributed by atoms with E-state index >= 15 is 0 Å². The smallest absolute Gasteiger partial charge is 0.231 e. The summed E-state index contributed by atoms with van der Waals surface area (Å²) in [7, 11) is 1.50. The van der Waals surface area contributed by atoms with Crippen LogP contribution >= 0.6 is 23.2 Å².